The third kappa shape index (κ3) is 4.18. The Balaban J connectivity index is 1.65. The number of hydrogen-bond donors (Lipinski definition) is 1. The Morgan fingerprint density at radius 3 is 2.48 bits per heavy atom. The maximum atomic E-state index is 5.73. The van der Waals surface area contributed by atoms with Crippen LogP contribution in [-0.2, 0) is 12.0 Å². The second-order valence-electron chi connectivity index (χ2n) is 6.91. The average Bonchev–Trinajstić information content (AvgIpc) is 3.09. The minimum atomic E-state index is 0.149. The molecule has 1 heterocycles. The van der Waals surface area contributed by atoms with Crippen molar-refractivity contribution >= 4 is 5.69 Å². The summed E-state index contributed by atoms with van der Waals surface area (Å²) < 4.78 is 10.9. The molecule has 25 heavy (non-hydrogen) atoms. The van der Waals surface area contributed by atoms with Gasteiger partial charge >= 0.3 is 0 Å². The van der Waals surface area contributed by atoms with Crippen LogP contribution in [0.25, 0.3) is 11.5 Å². The van der Waals surface area contributed by atoms with E-state index in [2.05, 4.69) is 60.6 Å². The Bertz CT molecular complexity index is 833. The second kappa shape index (κ2) is 6.97. The summed E-state index contributed by atoms with van der Waals surface area (Å²) in [4.78, 5) is 0. The molecule has 0 saturated carbocycles. The zero-order valence-electron chi connectivity index (χ0n) is 15.0. The van der Waals surface area contributed by atoms with E-state index in [1.165, 1.54) is 5.56 Å². The Labute approximate surface area is 148 Å². The summed E-state index contributed by atoms with van der Waals surface area (Å²) in [5.74, 6) is 1.78. The molecule has 3 aromatic rings. The van der Waals surface area contributed by atoms with Gasteiger partial charge in [0.05, 0.1) is 13.7 Å². The fourth-order valence-electron chi connectivity index (χ4n) is 2.46. The van der Waals surface area contributed by atoms with Gasteiger partial charge < -0.3 is 14.5 Å². The van der Waals surface area contributed by atoms with Crippen molar-refractivity contribution in [1.29, 1.82) is 0 Å². The minimum absolute atomic E-state index is 0.149. The third-order valence-electron chi connectivity index (χ3n) is 3.98. The number of aromatic nitrogens is 2. The van der Waals surface area contributed by atoms with E-state index in [0.717, 1.165) is 17.0 Å². The van der Waals surface area contributed by atoms with Crippen LogP contribution < -0.4 is 10.1 Å². The van der Waals surface area contributed by atoms with E-state index in [1.807, 2.05) is 24.3 Å². The first-order valence-electron chi connectivity index (χ1n) is 8.27. The van der Waals surface area contributed by atoms with Crippen LogP contribution in [0.4, 0.5) is 5.69 Å². The van der Waals surface area contributed by atoms with E-state index in [9.17, 15) is 0 Å². The van der Waals surface area contributed by atoms with Crippen LogP contribution in [0.1, 0.15) is 32.2 Å². The molecule has 0 saturated heterocycles. The number of ether oxygens (including phenoxy) is 1. The maximum Gasteiger partial charge on any atom is 0.247 e. The number of hydrogen-bond acceptors (Lipinski definition) is 5. The molecule has 3 rings (SSSR count). The predicted molar refractivity (Wildman–Crippen MR) is 98.8 cm³/mol. The van der Waals surface area contributed by atoms with Gasteiger partial charge in [0.25, 0.3) is 0 Å². The standard InChI is InChI=1S/C20H23N3O2/c1-20(2,3)15-8-10-16(11-9-15)21-13-18-22-23-19(25-18)14-6-5-7-17(12-14)24-4/h5-12,21H,13H2,1-4H3. The first-order valence-corrected chi connectivity index (χ1v) is 8.27. The lowest BCUT2D eigenvalue weighted by Crippen LogP contribution is -2.10. The molecule has 0 aliphatic heterocycles. The van der Waals surface area contributed by atoms with Crippen molar-refractivity contribution in [2.45, 2.75) is 32.7 Å². The third-order valence-corrected chi connectivity index (χ3v) is 3.98. The summed E-state index contributed by atoms with van der Waals surface area (Å²) in [5.41, 5.74) is 3.31. The lowest BCUT2D eigenvalue weighted by molar-refractivity contribution is 0.414. The zero-order chi connectivity index (χ0) is 17.9. The van der Waals surface area contributed by atoms with E-state index in [1.54, 1.807) is 7.11 Å². The molecule has 0 aliphatic rings. The number of nitrogens with zero attached hydrogens (tertiary/aromatic N) is 2. The molecule has 1 aromatic heterocycles. The van der Waals surface area contributed by atoms with Crippen molar-refractivity contribution in [2.75, 3.05) is 12.4 Å². The normalized spacial score (nSPS) is 11.4. The zero-order valence-corrected chi connectivity index (χ0v) is 15.0. The van der Waals surface area contributed by atoms with E-state index in [4.69, 9.17) is 9.15 Å². The fourth-order valence-corrected chi connectivity index (χ4v) is 2.46. The summed E-state index contributed by atoms with van der Waals surface area (Å²) in [6.45, 7) is 7.09. The highest BCUT2D eigenvalue weighted by atomic mass is 16.5. The van der Waals surface area contributed by atoms with Crippen LogP contribution in [-0.4, -0.2) is 17.3 Å². The van der Waals surface area contributed by atoms with Crippen LogP contribution in [0.5, 0.6) is 5.75 Å². The largest absolute Gasteiger partial charge is 0.497 e. The van der Waals surface area contributed by atoms with Crippen LogP contribution in [0.3, 0.4) is 0 Å². The molecule has 0 bridgehead atoms. The van der Waals surface area contributed by atoms with Crippen LogP contribution >= 0.6 is 0 Å². The maximum absolute atomic E-state index is 5.73. The van der Waals surface area contributed by atoms with E-state index < -0.39 is 0 Å². The Kier molecular flexibility index (Phi) is 4.74. The van der Waals surface area contributed by atoms with Crippen molar-refractivity contribution in [3.05, 3.63) is 60.0 Å². The smallest absolute Gasteiger partial charge is 0.247 e. The van der Waals surface area contributed by atoms with Crippen molar-refractivity contribution in [3.8, 4) is 17.2 Å². The molecule has 0 radical (unpaired) electrons. The predicted octanol–water partition coefficient (Wildman–Crippen LogP) is 4.65. The monoisotopic (exact) mass is 337 g/mol. The van der Waals surface area contributed by atoms with Crippen LogP contribution in [0.2, 0.25) is 0 Å². The summed E-state index contributed by atoms with van der Waals surface area (Å²) in [5, 5.41) is 11.5. The summed E-state index contributed by atoms with van der Waals surface area (Å²) in [6, 6.07) is 16.0. The first-order chi connectivity index (χ1) is 12.0. The van der Waals surface area contributed by atoms with Crippen molar-refractivity contribution < 1.29 is 9.15 Å². The van der Waals surface area contributed by atoms with E-state index in [0.29, 0.717) is 18.3 Å². The molecule has 2 aromatic carbocycles. The van der Waals surface area contributed by atoms with Gasteiger partial charge in [-0.3, -0.25) is 0 Å². The van der Waals surface area contributed by atoms with Gasteiger partial charge in [-0.1, -0.05) is 39.0 Å². The summed E-state index contributed by atoms with van der Waals surface area (Å²) in [7, 11) is 1.63. The molecule has 5 nitrogen and oxygen atoms in total. The van der Waals surface area contributed by atoms with Gasteiger partial charge in [-0.25, -0.2) is 0 Å². The Hall–Kier alpha value is -2.82. The molecule has 5 heteroatoms. The molecule has 0 atom stereocenters. The average molecular weight is 337 g/mol. The van der Waals surface area contributed by atoms with Crippen molar-refractivity contribution in [3.63, 3.8) is 0 Å². The molecule has 130 valence electrons. The van der Waals surface area contributed by atoms with E-state index in [-0.39, 0.29) is 5.41 Å². The lowest BCUT2D eigenvalue weighted by atomic mass is 9.87. The van der Waals surface area contributed by atoms with Gasteiger partial charge in [0.2, 0.25) is 11.8 Å². The molecule has 1 N–H and O–H groups in total. The molecule has 0 amide bonds. The molecular weight excluding hydrogens is 314 g/mol. The highest BCUT2D eigenvalue weighted by molar-refractivity contribution is 5.55. The van der Waals surface area contributed by atoms with Crippen molar-refractivity contribution in [1.82, 2.24) is 10.2 Å². The Morgan fingerprint density at radius 2 is 1.80 bits per heavy atom. The van der Waals surface area contributed by atoms with Gasteiger partial charge in [-0.2, -0.15) is 0 Å². The topological polar surface area (TPSA) is 60.2 Å². The van der Waals surface area contributed by atoms with Crippen LogP contribution in [0.15, 0.2) is 52.9 Å². The number of methoxy groups -OCH3 is 1. The quantitative estimate of drug-likeness (QED) is 0.734. The SMILES string of the molecule is COc1cccc(-c2nnc(CNc3ccc(C(C)(C)C)cc3)o2)c1. The lowest BCUT2D eigenvalue weighted by Gasteiger charge is -2.19. The number of benzene rings is 2. The highest BCUT2D eigenvalue weighted by Gasteiger charge is 2.13. The molecular formula is C20H23N3O2. The molecule has 0 unspecified atom stereocenters. The number of rotatable bonds is 5. The van der Waals surface area contributed by atoms with Gasteiger partial charge in [-0.15, -0.1) is 10.2 Å². The molecule has 0 aliphatic carbocycles. The van der Waals surface area contributed by atoms with Gasteiger partial charge in [0.15, 0.2) is 0 Å². The molecule has 0 spiro atoms. The molecule has 0 fully saturated rings. The van der Waals surface area contributed by atoms with Gasteiger partial charge in [-0.05, 0) is 41.3 Å². The first kappa shape index (κ1) is 17.0. The summed E-state index contributed by atoms with van der Waals surface area (Å²) >= 11 is 0. The Morgan fingerprint density at radius 1 is 1.04 bits per heavy atom. The van der Waals surface area contributed by atoms with Crippen LogP contribution in [0, 0.1) is 0 Å². The fraction of sp³-hybridized carbons (Fsp3) is 0.300. The summed E-state index contributed by atoms with van der Waals surface area (Å²) in [6.07, 6.45) is 0. The number of nitrogens with one attached hydrogen (secondary N) is 1. The van der Waals surface area contributed by atoms with E-state index >= 15 is 0 Å². The van der Waals surface area contributed by atoms with Crippen molar-refractivity contribution in [2.24, 2.45) is 0 Å². The minimum Gasteiger partial charge on any atom is -0.497 e. The number of anilines is 1. The van der Waals surface area contributed by atoms with Gasteiger partial charge in [0, 0.05) is 11.3 Å². The highest BCUT2D eigenvalue weighted by Crippen LogP contribution is 2.24. The van der Waals surface area contributed by atoms with Gasteiger partial charge in [0.1, 0.15) is 5.75 Å². The second-order valence-corrected chi connectivity index (χ2v) is 6.91.